The average Bonchev–Trinajstić information content (AvgIpc) is 2.95. The van der Waals surface area contributed by atoms with Crippen molar-refractivity contribution in [3.8, 4) is 0 Å². The first-order valence-corrected chi connectivity index (χ1v) is 10.4. The molecule has 4 rings (SSSR count). The summed E-state index contributed by atoms with van der Waals surface area (Å²) in [5, 5.41) is 0. The lowest BCUT2D eigenvalue weighted by Crippen LogP contribution is -2.49. The molecule has 1 aliphatic heterocycles. The maximum Gasteiger partial charge on any atom is 0.129 e. The van der Waals surface area contributed by atoms with Gasteiger partial charge in [0.05, 0.1) is 25.4 Å². The molecule has 1 saturated heterocycles. The zero-order chi connectivity index (χ0) is 16.7. The molecule has 3 saturated carbocycles. The van der Waals surface area contributed by atoms with Crippen LogP contribution in [0.15, 0.2) is 0 Å². The summed E-state index contributed by atoms with van der Waals surface area (Å²) >= 11 is 0. The minimum Gasteiger partial charge on any atom is -0.373 e. The third kappa shape index (κ3) is 2.76. The lowest BCUT2D eigenvalue weighted by Gasteiger charge is -2.53. The molecule has 24 heavy (non-hydrogen) atoms. The summed E-state index contributed by atoms with van der Waals surface area (Å²) in [7, 11) is 0. The third-order valence-electron chi connectivity index (χ3n) is 8.04. The van der Waals surface area contributed by atoms with Crippen LogP contribution in [0.1, 0.15) is 71.6 Å². The van der Waals surface area contributed by atoms with Crippen molar-refractivity contribution in [2.24, 2.45) is 29.1 Å². The molecule has 4 aliphatic rings. The molecule has 0 radical (unpaired) electrons. The maximum absolute atomic E-state index is 11.5. The highest BCUT2D eigenvalue weighted by atomic mass is 16.6. The molecule has 0 spiro atoms. The molecule has 7 unspecified atom stereocenters. The number of fused-ring (bicyclic) bond motifs is 5. The number of hydrogen-bond acceptors (Lipinski definition) is 3. The predicted molar refractivity (Wildman–Crippen MR) is 93.8 cm³/mol. The number of carbonyl (C=O) groups excluding carboxylic acids is 1. The van der Waals surface area contributed by atoms with Gasteiger partial charge in [0, 0.05) is 6.42 Å². The number of hydrogen-bond donors (Lipinski definition) is 0. The highest BCUT2D eigenvalue weighted by molar-refractivity contribution is 5.75. The second kappa shape index (κ2) is 6.72. The Balaban J connectivity index is 1.57. The summed E-state index contributed by atoms with van der Waals surface area (Å²) in [6.45, 7) is 5.70. The predicted octanol–water partition coefficient (Wildman–Crippen LogP) is 4.38. The lowest BCUT2D eigenvalue weighted by molar-refractivity contribution is -0.157. The SMILES string of the molecule is CCC12CCC3C(CCC(C)=O)CCCC3C1C1OCCOC1C2. The van der Waals surface area contributed by atoms with Crippen LogP contribution in [-0.2, 0) is 14.3 Å². The van der Waals surface area contributed by atoms with Crippen LogP contribution in [0.2, 0.25) is 0 Å². The second-order valence-electron chi connectivity index (χ2n) is 8.99. The molecule has 0 bridgehead atoms. The molecule has 1 heterocycles. The summed E-state index contributed by atoms with van der Waals surface area (Å²) in [5.74, 6) is 3.46. The molecular formula is C21H34O3. The van der Waals surface area contributed by atoms with Crippen LogP contribution in [0.3, 0.4) is 0 Å². The van der Waals surface area contributed by atoms with Gasteiger partial charge in [-0.3, -0.25) is 0 Å². The molecule has 0 amide bonds. The monoisotopic (exact) mass is 334 g/mol. The van der Waals surface area contributed by atoms with Crippen molar-refractivity contribution < 1.29 is 14.3 Å². The molecule has 0 aromatic carbocycles. The van der Waals surface area contributed by atoms with Gasteiger partial charge in [-0.15, -0.1) is 0 Å². The Hall–Kier alpha value is -0.410. The van der Waals surface area contributed by atoms with E-state index in [-0.39, 0.29) is 0 Å². The van der Waals surface area contributed by atoms with Gasteiger partial charge in [-0.2, -0.15) is 0 Å². The molecule has 3 nitrogen and oxygen atoms in total. The van der Waals surface area contributed by atoms with Crippen LogP contribution >= 0.6 is 0 Å². The molecule has 0 N–H and O–H groups in total. The summed E-state index contributed by atoms with van der Waals surface area (Å²) in [6, 6.07) is 0. The van der Waals surface area contributed by atoms with Crippen LogP contribution in [0, 0.1) is 29.1 Å². The van der Waals surface area contributed by atoms with E-state index in [4.69, 9.17) is 9.47 Å². The van der Waals surface area contributed by atoms with Gasteiger partial charge in [-0.05, 0) is 74.5 Å². The fraction of sp³-hybridized carbons (Fsp3) is 0.952. The molecule has 0 aromatic heterocycles. The summed E-state index contributed by atoms with van der Waals surface area (Å²) in [4.78, 5) is 11.5. The fourth-order valence-electron chi connectivity index (χ4n) is 6.99. The zero-order valence-corrected chi connectivity index (χ0v) is 15.5. The van der Waals surface area contributed by atoms with E-state index in [1.54, 1.807) is 6.92 Å². The number of rotatable bonds is 4. The normalized spacial score (nSPS) is 47.6. The zero-order valence-electron chi connectivity index (χ0n) is 15.5. The van der Waals surface area contributed by atoms with E-state index < -0.39 is 0 Å². The van der Waals surface area contributed by atoms with E-state index in [1.165, 1.54) is 44.9 Å². The fourth-order valence-corrected chi connectivity index (χ4v) is 6.99. The summed E-state index contributed by atoms with van der Waals surface area (Å²) in [5.41, 5.74) is 0.462. The Morgan fingerprint density at radius 2 is 1.96 bits per heavy atom. The number of carbonyl (C=O) groups is 1. The van der Waals surface area contributed by atoms with Crippen molar-refractivity contribution in [1.82, 2.24) is 0 Å². The molecule has 3 heteroatoms. The van der Waals surface area contributed by atoms with Crippen LogP contribution in [0.5, 0.6) is 0 Å². The van der Waals surface area contributed by atoms with E-state index in [9.17, 15) is 4.79 Å². The van der Waals surface area contributed by atoms with E-state index in [1.807, 2.05) is 0 Å². The van der Waals surface area contributed by atoms with Crippen molar-refractivity contribution in [3.63, 3.8) is 0 Å². The first-order chi connectivity index (χ1) is 11.6. The maximum atomic E-state index is 11.5. The van der Waals surface area contributed by atoms with Crippen LogP contribution in [-0.4, -0.2) is 31.2 Å². The van der Waals surface area contributed by atoms with Crippen molar-refractivity contribution >= 4 is 5.78 Å². The number of ketones is 1. The largest absolute Gasteiger partial charge is 0.373 e. The number of ether oxygens (including phenoxy) is 2. The van der Waals surface area contributed by atoms with E-state index in [0.29, 0.717) is 29.3 Å². The Labute approximate surface area is 146 Å². The first-order valence-electron chi connectivity index (χ1n) is 10.4. The molecule has 3 aliphatic carbocycles. The second-order valence-corrected chi connectivity index (χ2v) is 8.99. The summed E-state index contributed by atoms with van der Waals surface area (Å²) < 4.78 is 12.4. The minimum atomic E-state index is 0.345. The van der Waals surface area contributed by atoms with Gasteiger partial charge in [-0.1, -0.05) is 19.8 Å². The first kappa shape index (κ1) is 17.0. The van der Waals surface area contributed by atoms with Gasteiger partial charge >= 0.3 is 0 Å². The molecule has 4 fully saturated rings. The highest BCUT2D eigenvalue weighted by Crippen LogP contribution is 2.63. The van der Waals surface area contributed by atoms with Gasteiger partial charge in [-0.25, -0.2) is 0 Å². The Morgan fingerprint density at radius 1 is 1.12 bits per heavy atom. The van der Waals surface area contributed by atoms with Crippen molar-refractivity contribution in [2.45, 2.75) is 83.8 Å². The van der Waals surface area contributed by atoms with E-state index in [0.717, 1.165) is 43.8 Å². The summed E-state index contributed by atoms with van der Waals surface area (Å²) in [6.07, 6.45) is 11.9. The van der Waals surface area contributed by atoms with Crippen LogP contribution in [0.25, 0.3) is 0 Å². The standard InChI is InChI=1S/C21H34O3/c1-3-21-10-9-16-15(8-7-14(2)22)5-4-6-17(16)19(21)20-18(13-21)23-11-12-24-20/h15-20H,3-13H2,1-2H3. The lowest BCUT2D eigenvalue weighted by atomic mass is 9.52. The Bertz CT molecular complexity index is 476. The van der Waals surface area contributed by atoms with Crippen LogP contribution < -0.4 is 0 Å². The molecule has 0 aromatic rings. The Kier molecular flexibility index (Phi) is 4.77. The minimum absolute atomic E-state index is 0.345. The smallest absolute Gasteiger partial charge is 0.129 e. The Morgan fingerprint density at radius 3 is 2.75 bits per heavy atom. The molecule has 136 valence electrons. The van der Waals surface area contributed by atoms with Gasteiger partial charge in [0.2, 0.25) is 0 Å². The van der Waals surface area contributed by atoms with Crippen molar-refractivity contribution in [2.75, 3.05) is 13.2 Å². The number of Topliss-reactive ketones (excluding diaryl/α,β-unsaturated/α-hetero) is 1. The van der Waals surface area contributed by atoms with E-state index in [2.05, 4.69) is 6.92 Å². The van der Waals surface area contributed by atoms with Gasteiger partial charge in [0.15, 0.2) is 0 Å². The van der Waals surface area contributed by atoms with Crippen molar-refractivity contribution in [1.29, 1.82) is 0 Å². The quantitative estimate of drug-likeness (QED) is 0.765. The van der Waals surface area contributed by atoms with Gasteiger partial charge in [0.1, 0.15) is 5.78 Å². The van der Waals surface area contributed by atoms with Crippen LogP contribution in [0.4, 0.5) is 0 Å². The van der Waals surface area contributed by atoms with Gasteiger partial charge < -0.3 is 14.3 Å². The average molecular weight is 335 g/mol. The third-order valence-corrected chi connectivity index (χ3v) is 8.04. The van der Waals surface area contributed by atoms with Crippen molar-refractivity contribution in [3.05, 3.63) is 0 Å². The topological polar surface area (TPSA) is 35.5 Å². The highest BCUT2D eigenvalue weighted by Gasteiger charge is 2.61. The molecule has 7 atom stereocenters. The molecular weight excluding hydrogens is 300 g/mol. The van der Waals surface area contributed by atoms with E-state index >= 15 is 0 Å². The van der Waals surface area contributed by atoms with Gasteiger partial charge in [0.25, 0.3) is 0 Å².